The third-order valence-corrected chi connectivity index (χ3v) is 4.50. The molecule has 2 aliphatic rings. The van der Waals surface area contributed by atoms with E-state index in [1.807, 2.05) is 0 Å². The third-order valence-electron chi connectivity index (χ3n) is 4.50. The third kappa shape index (κ3) is 2.55. The molecule has 92 valence electrons. The van der Waals surface area contributed by atoms with Crippen molar-refractivity contribution in [1.82, 2.24) is 4.90 Å². The molecule has 1 aromatic rings. The Morgan fingerprint density at radius 3 is 2.76 bits per heavy atom. The van der Waals surface area contributed by atoms with E-state index >= 15 is 0 Å². The van der Waals surface area contributed by atoms with Crippen molar-refractivity contribution in [3.05, 3.63) is 35.4 Å². The molecule has 1 aliphatic heterocycles. The molecule has 1 fully saturated rings. The van der Waals surface area contributed by atoms with Crippen LogP contribution in [0.3, 0.4) is 0 Å². The fourth-order valence-electron chi connectivity index (χ4n) is 3.47. The molecule has 0 spiro atoms. The van der Waals surface area contributed by atoms with Crippen LogP contribution in [0.4, 0.5) is 0 Å². The van der Waals surface area contributed by atoms with Gasteiger partial charge in [0, 0.05) is 0 Å². The van der Waals surface area contributed by atoms with Gasteiger partial charge in [-0.3, -0.25) is 0 Å². The summed E-state index contributed by atoms with van der Waals surface area (Å²) < 4.78 is 0. The summed E-state index contributed by atoms with van der Waals surface area (Å²) in [7, 11) is 0. The van der Waals surface area contributed by atoms with Gasteiger partial charge in [0.05, 0.1) is 0 Å². The Hall–Kier alpha value is -0.820. The lowest BCUT2D eigenvalue weighted by molar-refractivity contribution is 0.221. The molecule has 1 saturated heterocycles. The first-order valence-corrected chi connectivity index (χ1v) is 7.23. The molecule has 1 heterocycles. The quantitative estimate of drug-likeness (QED) is 0.765. The molecule has 1 unspecified atom stereocenters. The summed E-state index contributed by atoms with van der Waals surface area (Å²) in [5.41, 5.74) is 3.25. The summed E-state index contributed by atoms with van der Waals surface area (Å²) in [6.45, 7) is 4.00. The van der Waals surface area contributed by atoms with Crippen molar-refractivity contribution < 1.29 is 0 Å². The van der Waals surface area contributed by atoms with E-state index in [0.717, 1.165) is 5.92 Å². The number of nitrogens with zero attached hydrogens (tertiary/aromatic N) is 1. The summed E-state index contributed by atoms with van der Waals surface area (Å²) in [6, 6.07) is 9.06. The molecular formula is C16H23N. The van der Waals surface area contributed by atoms with Crippen molar-refractivity contribution in [2.45, 2.75) is 44.4 Å². The van der Waals surface area contributed by atoms with E-state index in [-0.39, 0.29) is 0 Å². The highest BCUT2D eigenvalue weighted by Crippen LogP contribution is 2.35. The van der Waals surface area contributed by atoms with Crippen LogP contribution in [0.15, 0.2) is 24.3 Å². The molecule has 0 aromatic heterocycles. The van der Waals surface area contributed by atoms with Gasteiger partial charge in [0.2, 0.25) is 0 Å². The van der Waals surface area contributed by atoms with Crippen molar-refractivity contribution in [1.29, 1.82) is 0 Å². The van der Waals surface area contributed by atoms with Crippen LogP contribution in [-0.2, 0) is 6.42 Å². The number of likely N-dealkylation sites (tertiary alicyclic amines) is 1. The Labute approximate surface area is 105 Å². The Morgan fingerprint density at radius 2 is 1.88 bits per heavy atom. The fourth-order valence-corrected chi connectivity index (χ4v) is 3.47. The smallest absolute Gasteiger partial charge is 0.00129 e. The van der Waals surface area contributed by atoms with Crippen molar-refractivity contribution in [2.24, 2.45) is 0 Å². The van der Waals surface area contributed by atoms with E-state index in [1.165, 1.54) is 58.2 Å². The van der Waals surface area contributed by atoms with Gasteiger partial charge in [-0.25, -0.2) is 0 Å². The topological polar surface area (TPSA) is 3.24 Å². The average Bonchev–Trinajstić information content (AvgIpc) is 2.81. The molecule has 1 atom stereocenters. The Kier molecular flexibility index (Phi) is 3.46. The molecule has 0 N–H and O–H groups in total. The minimum atomic E-state index is 0.841. The summed E-state index contributed by atoms with van der Waals surface area (Å²) in [5, 5.41) is 0. The van der Waals surface area contributed by atoms with Crippen LogP contribution in [0.2, 0.25) is 0 Å². The minimum absolute atomic E-state index is 0.841. The Bertz CT molecular complexity index is 366. The second kappa shape index (κ2) is 5.22. The second-order valence-electron chi connectivity index (χ2n) is 5.63. The van der Waals surface area contributed by atoms with E-state index in [0.29, 0.717) is 0 Å². The Balaban J connectivity index is 1.56. The molecule has 1 aromatic carbocycles. The number of fused-ring (bicyclic) bond motifs is 1. The van der Waals surface area contributed by atoms with Crippen LogP contribution in [0.5, 0.6) is 0 Å². The zero-order valence-corrected chi connectivity index (χ0v) is 10.7. The molecule has 1 heteroatoms. The van der Waals surface area contributed by atoms with Crippen LogP contribution in [0.1, 0.15) is 49.1 Å². The van der Waals surface area contributed by atoms with Gasteiger partial charge in [0.15, 0.2) is 0 Å². The average molecular weight is 229 g/mol. The molecule has 0 bridgehead atoms. The molecular weight excluding hydrogens is 206 g/mol. The lowest BCUT2D eigenvalue weighted by Gasteiger charge is -2.27. The maximum absolute atomic E-state index is 2.67. The summed E-state index contributed by atoms with van der Waals surface area (Å²) in [4.78, 5) is 2.67. The van der Waals surface area contributed by atoms with Crippen molar-refractivity contribution in [2.75, 3.05) is 19.6 Å². The van der Waals surface area contributed by atoms with Gasteiger partial charge >= 0.3 is 0 Å². The predicted molar refractivity (Wildman–Crippen MR) is 72.4 cm³/mol. The lowest BCUT2D eigenvalue weighted by atomic mass is 9.97. The molecule has 1 nitrogen and oxygen atoms in total. The van der Waals surface area contributed by atoms with E-state index in [4.69, 9.17) is 0 Å². The van der Waals surface area contributed by atoms with E-state index in [2.05, 4.69) is 29.2 Å². The van der Waals surface area contributed by atoms with Crippen LogP contribution in [-0.4, -0.2) is 24.5 Å². The number of piperidine rings is 1. The number of rotatable bonds is 3. The monoisotopic (exact) mass is 229 g/mol. The fraction of sp³-hybridized carbons (Fsp3) is 0.625. The normalized spacial score (nSPS) is 24.8. The molecule has 0 amide bonds. The SMILES string of the molecule is c1ccc2c(c1)CCC2CCN1CCCCC1. The highest BCUT2D eigenvalue weighted by molar-refractivity contribution is 5.34. The zero-order valence-electron chi connectivity index (χ0n) is 10.7. The predicted octanol–water partition coefficient (Wildman–Crippen LogP) is 3.59. The first-order valence-electron chi connectivity index (χ1n) is 7.23. The molecule has 1 aliphatic carbocycles. The summed E-state index contributed by atoms with van der Waals surface area (Å²) in [6.07, 6.45) is 8.34. The summed E-state index contributed by atoms with van der Waals surface area (Å²) >= 11 is 0. The van der Waals surface area contributed by atoms with Gasteiger partial charge < -0.3 is 4.90 Å². The largest absolute Gasteiger partial charge is 0.303 e. The number of aryl methyl sites for hydroxylation is 1. The van der Waals surface area contributed by atoms with Crippen molar-refractivity contribution in [3.63, 3.8) is 0 Å². The maximum Gasteiger partial charge on any atom is -0.00129 e. The van der Waals surface area contributed by atoms with Gasteiger partial charge in [-0.05, 0) is 68.8 Å². The van der Waals surface area contributed by atoms with E-state index in [1.54, 1.807) is 11.1 Å². The summed E-state index contributed by atoms with van der Waals surface area (Å²) in [5.74, 6) is 0.841. The minimum Gasteiger partial charge on any atom is -0.303 e. The zero-order chi connectivity index (χ0) is 11.5. The van der Waals surface area contributed by atoms with Crippen molar-refractivity contribution in [3.8, 4) is 0 Å². The van der Waals surface area contributed by atoms with E-state index < -0.39 is 0 Å². The number of hydrogen-bond donors (Lipinski definition) is 0. The number of hydrogen-bond acceptors (Lipinski definition) is 1. The molecule has 0 saturated carbocycles. The molecule has 17 heavy (non-hydrogen) atoms. The van der Waals surface area contributed by atoms with E-state index in [9.17, 15) is 0 Å². The second-order valence-corrected chi connectivity index (χ2v) is 5.63. The first-order chi connectivity index (χ1) is 8.43. The standard InChI is InChI=1S/C16H23N/c1-4-11-17(12-5-1)13-10-15-9-8-14-6-2-3-7-16(14)15/h2-3,6-7,15H,1,4-5,8-13H2. The van der Waals surface area contributed by atoms with Gasteiger partial charge in [0.25, 0.3) is 0 Å². The van der Waals surface area contributed by atoms with Gasteiger partial charge in [-0.2, -0.15) is 0 Å². The van der Waals surface area contributed by atoms with Crippen LogP contribution in [0.25, 0.3) is 0 Å². The van der Waals surface area contributed by atoms with Gasteiger partial charge in [0.1, 0.15) is 0 Å². The lowest BCUT2D eigenvalue weighted by Crippen LogP contribution is -2.31. The highest BCUT2D eigenvalue weighted by atomic mass is 15.1. The molecule has 0 radical (unpaired) electrons. The van der Waals surface area contributed by atoms with Gasteiger partial charge in [-0.15, -0.1) is 0 Å². The highest BCUT2D eigenvalue weighted by Gasteiger charge is 2.22. The van der Waals surface area contributed by atoms with Crippen molar-refractivity contribution >= 4 is 0 Å². The van der Waals surface area contributed by atoms with Crippen LogP contribution < -0.4 is 0 Å². The van der Waals surface area contributed by atoms with Gasteiger partial charge in [-0.1, -0.05) is 30.7 Å². The first kappa shape index (κ1) is 11.3. The molecule has 3 rings (SSSR count). The Morgan fingerprint density at radius 1 is 1.06 bits per heavy atom. The van der Waals surface area contributed by atoms with Crippen LogP contribution in [0, 0.1) is 0 Å². The maximum atomic E-state index is 2.67. The van der Waals surface area contributed by atoms with Crippen LogP contribution >= 0.6 is 0 Å². The number of benzene rings is 1.